The summed E-state index contributed by atoms with van der Waals surface area (Å²) in [5.74, 6) is -0.0262. The van der Waals surface area contributed by atoms with Crippen molar-refractivity contribution < 1.29 is 14.3 Å². The molecule has 2 amide bonds. The molecule has 0 saturated heterocycles. The molecule has 0 bridgehead atoms. The maximum atomic E-state index is 12.7. The summed E-state index contributed by atoms with van der Waals surface area (Å²) in [6.45, 7) is 0.592. The summed E-state index contributed by atoms with van der Waals surface area (Å²) in [5.41, 5.74) is 8.34. The predicted octanol–water partition coefficient (Wildman–Crippen LogP) is 2.68. The highest BCUT2D eigenvalue weighted by atomic mass is 16.5. The Balaban J connectivity index is 1.76. The Kier molecular flexibility index (Phi) is 5.53. The lowest BCUT2D eigenvalue weighted by Crippen LogP contribution is -2.35. The van der Waals surface area contributed by atoms with Crippen LogP contribution in [-0.2, 0) is 11.2 Å². The maximum absolute atomic E-state index is 12.7. The van der Waals surface area contributed by atoms with E-state index in [4.69, 9.17) is 15.7 Å². The van der Waals surface area contributed by atoms with E-state index in [1.54, 1.807) is 35.2 Å². The van der Waals surface area contributed by atoms with Gasteiger partial charge in [0, 0.05) is 23.9 Å². The molecule has 0 radical (unpaired) electrons. The van der Waals surface area contributed by atoms with E-state index in [1.807, 2.05) is 24.3 Å². The largest absolute Gasteiger partial charge is 0.479 e. The van der Waals surface area contributed by atoms with E-state index in [-0.39, 0.29) is 12.5 Å². The molecule has 2 N–H and O–H groups in total. The normalized spacial score (nSPS) is 13.1. The first kappa shape index (κ1) is 18.2. The number of fused-ring (bicyclic) bond motifs is 1. The van der Waals surface area contributed by atoms with Gasteiger partial charge >= 0.3 is 0 Å². The van der Waals surface area contributed by atoms with Gasteiger partial charge < -0.3 is 15.4 Å². The van der Waals surface area contributed by atoms with Gasteiger partial charge in [0.15, 0.2) is 6.61 Å². The van der Waals surface area contributed by atoms with Crippen LogP contribution in [0.5, 0.6) is 5.75 Å². The second kappa shape index (κ2) is 8.19. The number of nitrogens with two attached hydrogens (primary N) is 1. The highest BCUT2D eigenvalue weighted by molar-refractivity contribution is 6.06. The summed E-state index contributed by atoms with van der Waals surface area (Å²) >= 11 is 0. The van der Waals surface area contributed by atoms with Crippen molar-refractivity contribution in [3.8, 4) is 11.8 Å². The summed E-state index contributed by atoms with van der Waals surface area (Å²) < 4.78 is 5.20. The molecule has 6 nitrogen and oxygen atoms in total. The SMILES string of the molecule is N#CCOc1ccc(/C=C/C(=O)N2CCCc3c(C(N)=O)cccc32)cc1. The highest BCUT2D eigenvalue weighted by Gasteiger charge is 2.24. The number of rotatable bonds is 5. The number of amides is 2. The zero-order valence-electron chi connectivity index (χ0n) is 14.7. The molecule has 1 aliphatic rings. The van der Waals surface area contributed by atoms with Gasteiger partial charge in [-0.1, -0.05) is 18.2 Å². The Morgan fingerprint density at radius 2 is 2.00 bits per heavy atom. The van der Waals surface area contributed by atoms with Gasteiger partial charge in [0.05, 0.1) is 0 Å². The Bertz CT molecular complexity index is 927. The van der Waals surface area contributed by atoms with Crippen molar-refractivity contribution in [3.05, 3.63) is 65.2 Å². The van der Waals surface area contributed by atoms with E-state index >= 15 is 0 Å². The van der Waals surface area contributed by atoms with Crippen LogP contribution in [-0.4, -0.2) is 25.0 Å². The van der Waals surface area contributed by atoms with Gasteiger partial charge in [-0.15, -0.1) is 0 Å². The fourth-order valence-electron chi connectivity index (χ4n) is 3.13. The number of anilines is 1. The van der Waals surface area contributed by atoms with Crippen molar-refractivity contribution >= 4 is 23.6 Å². The number of ether oxygens (including phenoxy) is 1. The molecule has 0 aliphatic carbocycles. The van der Waals surface area contributed by atoms with Crippen LogP contribution >= 0.6 is 0 Å². The molecule has 2 aromatic carbocycles. The number of nitrogens with zero attached hydrogens (tertiary/aromatic N) is 2. The molecule has 3 rings (SSSR count). The van der Waals surface area contributed by atoms with Gasteiger partial charge in [0.1, 0.15) is 11.8 Å². The Hall–Kier alpha value is -3.59. The minimum Gasteiger partial charge on any atom is -0.479 e. The Labute approximate surface area is 157 Å². The topological polar surface area (TPSA) is 96.4 Å². The first-order valence-corrected chi connectivity index (χ1v) is 8.61. The first-order chi connectivity index (χ1) is 13.1. The summed E-state index contributed by atoms with van der Waals surface area (Å²) in [6.07, 6.45) is 4.74. The minimum atomic E-state index is -0.476. The monoisotopic (exact) mass is 361 g/mol. The average Bonchev–Trinajstić information content (AvgIpc) is 2.70. The number of hydrogen-bond donors (Lipinski definition) is 1. The van der Waals surface area contributed by atoms with Crippen molar-refractivity contribution in [2.24, 2.45) is 5.73 Å². The quantitative estimate of drug-likeness (QED) is 0.828. The van der Waals surface area contributed by atoms with E-state index in [1.165, 1.54) is 6.08 Å². The summed E-state index contributed by atoms with van der Waals surface area (Å²) in [6, 6.07) is 14.3. The minimum absolute atomic E-state index is 0.00463. The molecule has 6 heteroatoms. The average molecular weight is 361 g/mol. The molecule has 0 saturated carbocycles. The first-order valence-electron chi connectivity index (χ1n) is 8.61. The van der Waals surface area contributed by atoms with Crippen LogP contribution < -0.4 is 15.4 Å². The van der Waals surface area contributed by atoms with Gasteiger partial charge in [0.25, 0.3) is 5.91 Å². The van der Waals surface area contributed by atoms with E-state index in [0.717, 1.165) is 29.7 Å². The van der Waals surface area contributed by atoms with Gasteiger partial charge in [-0.3, -0.25) is 9.59 Å². The van der Waals surface area contributed by atoms with Crippen molar-refractivity contribution in [2.75, 3.05) is 18.1 Å². The third kappa shape index (κ3) is 4.15. The zero-order valence-corrected chi connectivity index (χ0v) is 14.7. The van der Waals surface area contributed by atoms with E-state index < -0.39 is 5.91 Å². The smallest absolute Gasteiger partial charge is 0.250 e. The molecule has 0 fully saturated rings. The third-order valence-electron chi connectivity index (χ3n) is 4.38. The lowest BCUT2D eigenvalue weighted by atomic mass is 9.95. The lowest BCUT2D eigenvalue weighted by Gasteiger charge is -2.29. The number of carbonyl (C=O) groups is 2. The molecule has 1 aliphatic heterocycles. The Morgan fingerprint density at radius 3 is 2.70 bits per heavy atom. The van der Waals surface area contributed by atoms with Crippen LogP contribution in [0.25, 0.3) is 6.08 Å². The number of primary amides is 1. The molecule has 2 aromatic rings. The molecule has 0 spiro atoms. The Morgan fingerprint density at radius 1 is 1.22 bits per heavy atom. The van der Waals surface area contributed by atoms with Crippen LogP contribution in [0.15, 0.2) is 48.5 Å². The van der Waals surface area contributed by atoms with Crippen LogP contribution in [0.4, 0.5) is 5.69 Å². The molecule has 0 aromatic heterocycles. The van der Waals surface area contributed by atoms with Gasteiger partial charge in [-0.2, -0.15) is 5.26 Å². The standard InChI is InChI=1S/C21H19N3O3/c22-12-14-27-16-9-6-15(7-10-16)8-11-20(25)24-13-2-4-17-18(21(23)26)3-1-5-19(17)24/h1,3,5-11H,2,4,13-14H2,(H2,23,26)/b11-8+. The number of carbonyl (C=O) groups excluding carboxylic acids is 2. The molecule has 136 valence electrons. The summed E-state index contributed by atoms with van der Waals surface area (Å²) in [5, 5.41) is 8.51. The van der Waals surface area contributed by atoms with Crippen LogP contribution in [0, 0.1) is 11.3 Å². The fourth-order valence-corrected chi connectivity index (χ4v) is 3.13. The predicted molar refractivity (Wildman–Crippen MR) is 102 cm³/mol. The van der Waals surface area contributed by atoms with E-state index in [2.05, 4.69) is 0 Å². The summed E-state index contributed by atoms with van der Waals surface area (Å²) in [7, 11) is 0. The maximum Gasteiger partial charge on any atom is 0.250 e. The molecule has 27 heavy (non-hydrogen) atoms. The highest BCUT2D eigenvalue weighted by Crippen LogP contribution is 2.30. The van der Waals surface area contributed by atoms with E-state index in [9.17, 15) is 9.59 Å². The van der Waals surface area contributed by atoms with Crippen molar-refractivity contribution in [3.63, 3.8) is 0 Å². The number of hydrogen-bond acceptors (Lipinski definition) is 4. The molecule has 0 atom stereocenters. The van der Waals surface area contributed by atoms with Crippen molar-refractivity contribution in [2.45, 2.75) is 12.8 Å². The molecular weight excluding hydrogens is 342 g/mol. The van der Waals surface area contributed by atoms with Crippen LogP contribution in [0.1, 0.15) is 27.9 Å². The van der Waals surface area contributed by atoms with Crippen molar-refractivity contribution in [1.82, 2.24) is 0 Å². The number of nitriles is 1. The van der Waals surface area contributed by atoms with Gasteiger partial charge in [-0.25, -0.2) is 0 Å². The summed E-state index contributed by atoms with van der Waals surface area (Å²) in [4.78, 5) is 26.0. The third-order valence-corrected chi connectivity index (χ3v) is 4.38. The zero-order chi connectivity index (χ0) is 19.2. The molecule has 1 heterocycles. The second-order valence-corrected chi connectivity index (χ2v) is 6.11. The molecular formula is C21H19N3O3. The van der Waals surface area contributed by atoms with Crippen LogP contribution in [0.3, 0.4) is 0 Å². The van der Waals surface area contributed by atoms with E-state index in [0.29, 0.717) is 17.9 Å². The number of benzene rings is 2. The lowest BCUT2D eigenvalue weighted by molar-refractivity contribution is -0.114. The second-order valence-electron chi connectivity index (χ2n) is 6.11. The van der Waals surface area contributed by atoms with Crippen LogP contribution in [0.2, 0.25) is 0 Å². The fraction of sp³-hybridized carbons (Fsp3) is 0.190. The van der Waals surface area contributed by atoms with Crippen molar-refractivity contribution in [1.29, 1.82) is 5.26 Å². The van der Waals surface area contributed by atoms with Gasteiger partial charge in [0.2, 0.25) is 5.91 Å². The molecule has 0 unspecified atom stereocenters. The van der Waals surface area contributed by atoms with Gasteiger partial charge in [-0.05, 0) is 54.3 Å².